The van der Waals surface area contributed by atoms with Crippen molar-refractivity contribution in [2.45, 2.75) is 89.6 Å². The Balaban J connectivity index is 1.31. The molecular weight excluding hydrogens is 544 g/mol. The minimum Gasteiger partial charge on any atom is -0.447 e. The second-order valence-electron chi connectivity index (χ2n) is 11.6. The summed E-state index contributed by atoms with van der Waals surface area (Å²) in [6.45, 7) is 6.38. The Morgan fingerprint density at radius 2 is 1.77 bits per heavy atom. The number of piperidine rings is 1. The maximum atomic E-state index is 13.5. The van der Waals surface area contributed by atoms with Gasteiger partial charge in [0.1, 0.15) is 12.1 Å². The summed E-state index contributed by atoms with van der Waals surface area (Å²) in [5, 5.41) is 6.26. The lowest BCUT2D eigenvalue weighted by molar-refractivity contribution is -0.131. The number of likely N-dealkylation sites (tertiary alicyclic amines) is 1. The molecule has 0 aromatic heterocycles. The zero-order valence-electron chi connectivity index (χ0n) is 24.0. The lowest BCUT2D eigenvalue weighted by Crippen LogP contribution is -2.56. The fourth-order valence-electron chi connectivity index (χ4n) is 5.65. The van der Waals surface area contributed by atoms with Crippen LogP contribution in [0.5, 0.6) is 0 Å². The largest absolute Gasteiger partial charge is 0.447 e. The Kier molecular flexibility index (Phi) is 12.4. The minimum absolute atomic E-state index is 0.0989. The van der Waals surface area contributed by atoms with Crippen molar-refractivity contribution in [3.8, 4) is 0 Å². The van der Waals surface area contributed by atoms with Gasteiger partial charge in [-0.15, -0.1) is 11.8 Å². The van der Waals surface area contributed by atoms with E-state index >= 15 is 0 Å². The van der Waals surface area contributed by atoms with Crippen molar-refractivity contribution in [1.82, 2.24) is 20.4 Å². The SMILES string of the molecule is CC(C)OC(=O)N1CSC[C@H]1C(=O)N[C@@H](CSCC1CCCCC1)C(=O)NC1CCN(Cc2ccccc2)CC1. The van der Waals surface area contributed by atoms with Gasteiger partial charge in [0.15, 0.2) is 0 Å². The van der Waals surface area contributed by atoms with Gasteiger partial charge >= 0.3 is 6.09 Å². The number of ether oxygens (including phenoxy) is 1. The second-order valence-corrected chi connectivity index (χ2v) is 13.6. The first kappa shape index (κ1) is 31.0. The van der Waals surface area contributed by atoms with E-state index in [1.807, 2.05) is 6.07 Å². The molecule has 4 rings (SSSR count). The number of nitrogens with zero attached hydrogens (tertiary/aromatic N) is 2. The number of carbonyl (C=O) groups excluding carboxylic acids is 3. The van der Waals surface area contributed by atoms with Gasteiger partial charge in [0.2, 0.25) is 11.8 Å². The summed E-state index contributed by atoms with van der Waals surface area (Å²) in [6.07, 6.45) is 7.46. The van der Waals surface area contributed by atoms with Gasteiger partial charge < -0.3 is 15.4 Å². The molecule has 2 atom stereocenters. The Labute approximate surface area is 248 Å². The van der Waals surface area contributed by atoms with Crippen LogP contribution in [0.4, 0.5) is 4.79 Å². The van der Waals surface area contributed by atoms with E-state index in [0.29, 0.717) is 23.3 Å². The molecule has 222 valence electrons. The van der Waals surface area contributed by atoms with E-state index in [9.17, 15) is 14.4 Å². The predicted octanol–water partition coefficient (Wildman–Crippen LogP) is 4.49. The lowest BCUT2D eigenvalue weighted by Gasteiger charge is -2.33. The zero-order valence-corrected chi connectivity index (χ0v) is 25.6. The van der Waals surface area contributed by atoms with Gasteiger partial charge in [-0.3, -0.25) is 19.4 Å². The van der Waals surface area contributed by atoms with Gasteiger partial charge in [0.25, 0.3) is 0 Å². The molecule has 0 radical (unpaired) electrons. The normalized spacial score (nSPS) is 21.8. The Hall–Kier alpha value is -1.91. The lowest BCUT2D eigenvalue weighted by atomic mass is 9.91. The van der Waals surface area contributed by atoms with Crippen molar-refractivity contribution in [3.05, 3.63) is 35.9 Å². The monoisotopic (exact) mass is 590 g/mol. The van der Waals surface area contributed by atoms with E-state index in [1.165, 1.54) is 54.3 Å². The summed E-state index contributed by atoms with van der Waals surface area (Å²) in [6, 6.07) is 9.32. The summed E-state index contributed by atoms with van der Waals surface area (Å²) in [5.74, 6) is 2.77. The van der Waals surface area contributed by atoms with Crippen LogP contribution < -0.4 is 10.6 Å². The van der Waals surface area contributed by atoms with Crippen LogP contribution in [0.25, 0.3) is 0 Å². The van der Waals surface area contributed by atoms with Crippen molar-refractivity contribution < 1.29 is 19.1 Å². The Morgan fingerprint density at radius 1 is 1.05 bits per heavy atom. The highest BCUT2D eigenvalue weighted by molar-refractivity contribution is 7.99. The maximum Gasteiger partial charge on any atom is 0.411 e. The summed E-state index contributed by atoms with van der Waals surface area (Å²) >= 11 is 3.29. The molecule has 2 N–H and O–H groups in total. The minimum atomic E-state index is -0.629. The van der Waals surface area contributed by atoms with E-state index in [0.717, 1.165) is 38.2 Å². The molecule has 0 spiro atoms. The van der Waals surface area contributed by atoms with Gasteiger partial charge in [0.05, 0.1) is 12.0 Å². The highest BCUT2D eigenvalue weighted by Gasteiger charge is 2.38. The summed E-state index contributed by atoms with van der Waals surface area (Å²) in [5.41, 5.74) is 1.30. The molecule has 2 saturated heterocycles. The number of benzene rings is 1. The topological polar surface area (TPSA) is 91.0 Å². The highest BCUT2D eigenvalue weighted by atomic mass is 32.2. The predicted molar refractivity (Wildman–Crippen MR) is 163 cm³/mol. The van der Waals surface area contributed by atoms with Crippen molar-refractivity contribution >= 4 is 41.4 Å². The number of carbonyl (C=O) groups is 3. The molecule has 3 amide bonds. The molecule has 3 fully saturated rings. The van der Waals surface area contributed by atoms with Crippen molar-refractivity contribution in [1.29, 1.82) is 0 Å². The second kappa shape index (κ2) is 15.9. The number of hydrogen-bond donors (Lipinski definition) is 2. The van der Waals surface area contributed by atoms with Crippen LogP contribution in [0.3, 0.4) is 0 Å². The van der Waals surface area contributed by atoms with Crippen molar-refractivity contribution in [2.24, 2.45) is 5.92 Å². The molecule has 1 aromatic rings. The fraction of sp³-hybridized carbons (Fsp3) is 0.700. The highest BCUT2D eigenvalue weighted by Crippen LogP contribution is 2.27. The van der Waals surface area contributed by atoms with Gasteiger partial charge in [-0.1, -0.05) is 49.6 Å². The smallest absolute Gasteiger partial charge is 0.411 e. The third kappa shape index (κ3) is 9.58. The molecule has 2 aliphatic heterocycles. The van der Waals surface area contributed by atoms with Crippen LogP contribution in [0, 0.1) is 5.92 Å². The molecule has 1 aromatic carbocycles. The van der Waals surface area contributed by atoms with E-state index < -0.39 is 18.2 Å². The van der Waals surface area contributed by atoms with Gasteiger partial charge in [0, 0.05) is 37.2 Å². The standard InChI is InChI=1S/C30H46N4O4S2/c1-22(2)38-30(37)34-21-40-20-27(34)29(36)32-26(19-39-18-24-11-7-4-8-12-24)28(35)31-25-13-15-33(16-14-25)17-23-9-5-3-6-10-23/h3,5-6,9-10,22,24-27H,4,7-8,11-21H2,1-2H3,(H,31,35)(H,32,36)/t26-,27-/m0/s1. The van der Waals surface area contributed by atoms with E-state index in [2.05, 4.69) is 39.8 Å². The summed E-state index contributed by atoms with van der Waals surface area (Å²) in [7, 11) is 0. The van der Waals surface area contributed by atoms with Gasteiger partial charge in [-0.2, -0.15) is 11.8 Å². The van der Waals surface area contributed by atoms with Gasteiger partial charge in [-0.05, 0) is 56.8 Å². The van der Waals surface area contributed by atoms with Crippen LogP contribution >= 0.6 is 23.5 Å². The van der Waals surface area contributed by atoms with E-state index in [1.54, 1.807) is 25.6 Å². The number of hydrogen-bond acceptors (Lipinski definition) is 7. The molecule has 3 aliphatic rings. The summed E-state index contributed by atoms with van der Waals surface area (Å²) in [4.78, 5) is 43.4. The number of amides is 3. The zero-order chi connectivity index (χ0) is 28.3. The van der Waals surface area contributed by atoms with E-state index in [4.69, 9.17) is 4.74 Å². The third-order valence-corrected chi connectivity index (χ3v) is 10.2. The van der Waals surface area contributed by atoms with Crippen LogP contribution in [0.2, 0.25) is 0 Å². The van der Waals surface area contributed by atoms with E-state index in [-0.39, 0.29) is 24.0 Å². The molecule has 0 unspecified atom stereocenters. The van der Waals surface area contributed by atoms with Crippen LogP contribution in [0.1, 0.15) is 64.4 Å². The Morgan fingerprint density at radius 3 is 2.48 bits per heavy atom. The summed E-state index contributed by atoms with van der Waals surface area (Å²) < 4.78 is 5.35. The average molecular weight is 591 g/mol. The number of thioether (sulfide) groups is 2. The average Bonchev–Trinajstić information content (AvgIpc) is 3.45. The van der Waals surface area contributed by atoms with Crippen LogP contribution in [0.15, 0.2) is 30.3 Å². The quantitative estimate of drug-likeness (QED) is 0.393. The van der Waals surface area contributed by atoms with Crippen LogP contribution in [-0.4, -0.2) is 88.2 Å². The first-order chi connectivity index (χ1) is 19.4. The Bertz CT molecular complexity index is 952. The molecule has 1 saturated carbocycles. The third-order valence-electron chi connectivity index (χ3n) is 7.93. The molecule has 10 heteroatoms. The maximum absolute atomic E-state index is 13.5. The number of rotatable bonds is 11. The molecular formula is C30H46N4O4S2. The van der Waals surface area contributed by atoms with Crippen molar-refractivity contribution in [2.75, 3.05) is 36.2 Å². The first-order valence-electron chi connectivity index (χ1n) is 14.9. The molecule has 2 heterocycles. The molecule has 40 heavy (non-hydrogen) atoms. The van der Waals surface area contributed by atoms with Crippen LogP contribution in [-0.2, 0) is 20.9 Å². The molecule has 8 nitrogen and oxygen atoms in total. The van der Waals surface area contributed by atoms with Crippen molar-refractivity contribution in [3.63, 3.8) is 0 Å². The molecule has 1 aliphatic carbocycles. The fourth-order valence-corrected chi connectivity index (χ4v) is 8.06. The molecule has 0 bridgehead atoms. The number of nitrogens with one attached hydrogen (secondary N) is 2. The first-order valence-corrected chi connectivity index (χ1v) is 17.2. The van der Waals surface area contributed by atoms with Gasteiger partial charge in [-0.25, -0.2) is 4.79 Å².